The van der Waals surface area contributed by atoms with Crippen LogP contribution in [0.15, 0.2) is 36.7 Å². The number of aliphatic hydroxyl groups is 2. The summed E-state index contributed by atoms with van der Waals surface area (Å²) < 4.78 is 34.1. The van der Waals surface area contributed by atoms with Gasteiger partial charge in [-0.05, 0) is 12.0 Å². The van der Waals surface area contributed by atoms with Crippen LogP contribution in [0.2, 0.25) is 0 Å². The van der Waals surface area contributed by atoms with E-state index in [2.05, 4.69) is 20.3 Å². The van der Waals surface area contributed by atoms with Crippen molar-refractivity contribution in [1.29, 1.82) is 0 Å². The quantitative estimate of drug-likeness (QED) is 0.155. The van der Waals surface area contributed by atoms with Gasteiger partial charge in [0.1, 0.15) is 18.0 Å². The highest BCUT2D eigenvalue weighted by Crippen LogP contribution is 2.55. The van der Waals surface area contributed by atoms with Crippen LogP contribution in [0.1, 0.15) is 31.0 Å². The fourth-order valence-electron chi connectivity index (χ4n) is 3.52. The summed E-state index contributed by atoms with van der Waals surface area (Å²) in [7, 11) is -8.34. The summed E-state index contributed by atoms with van der Waals surface area (Å²) in [6.45, 7) is 1.71. The number of aliphatic hydroxyl groups excluding tert-OH is 2. The van der Waals surface area contributed by atoms with Crippen LogP contribution in [-0.4, -0.2) is 76.2 Å². The van der Waals surface area contributed by atoms with Crippen molar-refractivity contribution in [3.63, 3.8) is 0 Å². The fourth-order valence-corrected chi connectivity index (χ4v) is 6.09. The molecule has 37 heavy (non-hydrogen) atoms. The van der Waals surface area contributed by atoms with Crippen LogP contribution in [0, 0.1) is 0 Å². The van der Waals surface area contributed by atoms with E-state index in [-0.39, 0.29) is 5.65 Å². The van der Waals surface area contributed by atoms with Crippen LogP contribution < -0.4 is 5.32 Å². The number of rotatable bonds is 14. The lowest BCUT2D eigenvalue weighted by Crippen LogP contribution is -2.39. The fraction of sp³-hybridized carbons (Fsp3) is 0.476. The minimum absolute atomic E-state index is 0.241. The number of aromatic nitrogens is 4. The molecule has 6 N–H and O–H groups in total. The Kier molecular flexibility index (Phi) is 9.92. The van der Waals surface area contributed by atoms with Crippen LogP contribution >= 0.6 is 15.2 Å². The van der Waals surface area contributed by atoms with Crippen molar-refractivity contribution in [2.45, 2.75) is 44.7 Å². The van der Waals surface area contributed by atoms with Crippen molar-refractivity contribution in [2.75, 3.05) is 24.9 Å². The molecule has 0 amide bonds. The predicted octanol–water partition coefficient (Wildman–Crippen LogP) is 1.59. The highest BCUT2D eigenvalue weighted by atomic mass is 31.2. The second-order valence-electron chi connectivity index (χ2n) is 8.32. The number of fused-ring (bicyclic) bond motifs is 1. The second-order valence-corrected chi connectivity index (χ2v) is 12.3. The summed E-state index contributed by atoms with van der Waals surface area (Å²) in [6, 6.07) is 9.65. The smallest absolute Gasteiger partial charge is 0.340 e. The molecule has 3 rings (SSSR count). The van der Waals surface area contributed by atoms with Gasteiger partial charge >= 0.3 is 15.2 Å². The normalized spacial score (nSPS) is 16.3. The molecular weight excluding hydrogens is 528 g/mol. The molecular formula is C21H31N5O9P2. The largest absolute Gasteiger partial charge is 0.386 e. The van der Waals surface area contributed by atoms with Crippen LogP contribution in [0.5, 0.6) is 0 Å². The molecule has 204 valence electrons. The number of hydrogen-bond acceptors (Lipinski definition) is 10. The number of anilines is 1. The molecule has 0 aliphatic heterocycles. The van der Waals surface area contributed by atoms with Gasteiger partial charge in [0.15, 0.2) is 29.1 Å². The summed E-state index contributed by atoms with van der Waals surface area (Å²) in [4.78, 5) is 40.9. The van der Waals surface area contributed by atoms with Gasteiger partial charge < -0.3 is 39.5 Å². The summed E-state index contributed by atoms with van der Waals surface area (Å²) in [5, 5.41) is 24.9. The van der Waals surface area contributed by atoms with E-state index in [1.54, 1.807) is 0 Å². The molecule has 0 bridgehead atoms. The molecule has 16 heteroatoms. The molecule has 0 radical (unpaired) electrons. The van der Waals surface area contributed by atoms with E-state index < -0.39 is 46.1 Å². The lowest BCUT2D eigenvalue weighted by molar-refractivity contribution is -0.113. The Balaban J connectivity index is 1.83. The maximum absolute atomic E-state index is 11.9. The number of benzene rings is 1. The van der Waals surface area contributed by atoms with E-state index in [4.69, 9.17) is 19.0 Å². The van der Waals surface area contributed by atoms with E-state index >= 15 is 0 Å². The second kappa shape index (κ2) is 12.5. The third-order valence-electron chi connectivity index (χ3n) is 5.32. The molecule has 4 atom stereocenters. The summed E-state index contributed by atoms with van der Waals surface area (Å²) >= 11 is 0. The first-order valence-corrected chi connectivity index (χ1v) is 14.9. The zero-order valence-electron chi connectivity index (χ0n) is 20.3. The lowest BCUT2D eigenvalue weighted by Gasteiger charge is -2.27. The number of aryl methyl sites for hydroxylation is 1. The van der Waals surface area contributed by atoms with Gasteiger partial charge in [0.05, 0.1) is 12.9 Å². The number of ether oxygens (including phenoxy) is 1. The van der Waals surface area contributed by atoms with Crippen molar-refractivity contribution in [3.8, 4) is 0 Å². The van der Waals surface area contributed by atoms with Crippen molar-refractivity contribution in [2.24, 2.45) is 0 Å². The first-order chi connectivity index (χ1) is 17.4. The lowest BCUT2D eigenvalue weighted by atomic mass is 10.2. The van der Waals surface area contributed by atoms with Gasteiger partial charge in [0.2, 0.25) is 0 Å². The van der Waals surface area contributed by atoms with Gasteiger partial charge in [0, 0.05) is 20.1 Å². The molecule has 3 aromatic rings. The molecule has 0 aliphatic rings. The van der Waals surface area contributed by atoms with Gasteiger partial charge in [-0.1, -0.05) is 37.3 Å². The summed E-state index contributed by atoms with van der Waals surface area (Å²) in [5.74, 6) is -0.445. The molecule has 0 saturated heterocycles. The molecule has 1 aromatic carbocycles. The Hall–Kier alpha value is -2.25. The number of hydrogen-bond donors (Lipinski definition) is 6. The van der Waals surface area contributed by atoms with E-state index in [1.165, 1.54) is 18.0 Å². The van der Waals surface area contributed by atoms with Gasteiger partial charge in [-0.3, -0.25) is 13.7 Å². The minimum atomic E-state index is -4.83. The average Bonchev–Trinajstić information content (AvgIpc) is 3.25. The van der Waals surface area contributed by atoms with Gasteiger partial charge in [-0.25, -0.2) is 15.0 Å². The van der Waals surface area contributed by atoms with Gasteiger partial charge in [-0.2, -0.15) is 0 Å². The molecule has 0 spiro atoms. The van der Waals surface area contributed by atoms with Crippen LogP contribution in [0.3, 0.4) is 0 Å². The Morgan fingerprint density at radius 3 is 2.43 bits per heavy atom. The first-order valence-electron chi connectivity index (χ1n) is 11.3. The van der Waals surface area contributed by atoms with E-state index in [1.807, 2.05) is 37.3 Å². The first kappa shape index (κ1) is 29.3. The van der Waals surface area contributed by atoms with Crippen LogP contribution in [0.25, 0.3) is 11.2 Å². The van der Waals surface area contributed by atoms with Crippen LogP contribution in [0.4, 0.5) is 5.82 Å². The Labute approximate surface area is 213 Å². The van der Waals surface area contributed by atoms with E-state index in [0.717, 1.165) is 12.0 Å². The van der Waals surface area contributed by atoms with Gasteiger partial charge in [-0.15, -0.1) is 0 Å². The number of imidazole rings is 1. The van der Waals surface area contributed by atoms with E-state index in [9.17, 15) is 24.2 Å². The Bertz CT molecular complexity index is 1270. The van der Waals surface area contributed by atoms with Crippen molar-refractivity contribution >= 4 is 32.2 Å². The van der Waals surface area contributed by atoms with Crippen LogP contribution in [-0.2, 0) is 31.4 Å². The third kappa shape index (κ3) is 8.11. The van der Waals surface area contributed by atoms with Crippen molar-refractivity contribution in [1.82, 2.24) is 19.5 Å². The number of nitrogens with zero attached hydrogens (tertiary/aromatic N) is 4. The molecule has 2 aromatic heterocycles. The standard InChI is InChI=1S/C21H31N5O9P2/c1-3-7-16-24-19(22-10-14-8-5-4-6-9-14)17-20(25-16)26(12-23-17)21(28)18(27)15(34-2)11-35-37(32,33)13-36(29,30)31/h4-6,8-9,12,15,18,21,27-28H,3,7,10-11,13H2,1-2H3,(H,32,33)(H,22,24,25)(H2,29,30,31)/t15-,18-,21-/m1/s1. The molecule has 1 unspecified atom stereocenters. The summed E-state index contributed by atoms with van der Waals surface area (Å²) in [5.41, 5.74) is 1.61. The SMILES string of the molecule is CCCc1nc(NCc2ccccc2)c2ncn([C@H](O)[C@H](O)[C@@H](COP(=O)(O)CP(=O)(O)O)OC)c2n1. The Morgan fingerprint density at radius 1 is 1.11 bits per heavy atom. The average molecular weight is 559 g/mol. The molecule has 14 nitrogen and oxygen atoms in total. The number of nitrogens with one attached hydrogen (secondary N) is 1. The zero-order chi connectivity index (χ0) is 27.2. The van der Waals surface area contributed by atoms with Gasteiger partial charge in [0.25, 0.3) is 0 Å². The Morgan fingerprint density at radius 2 is 1.81 bits per heavy atom. The molecule has 0 aliphatic carbocycles. The zero-order valence-corrected chi connectivity index (χ0v) is 22.1. The monoisotopic (exact) mass is 559 g/mol. The predicted molar refractivity (Wildman–Crippen MR) is 134 cm³/mol. The topological polar surface area (TPSA) is 209 Å². The maximum Gasteiger partial charge on any atom is 0.340 e. The molecule has 2 heterocycles. The minimum Gasteiger partial charge on any atom is -0.386 e. The number of methoxy groups -OCH3 is 1. The molecule has 0 fully saturated rings. The highest BCUT2D eigenvalue weighted by Gasteiger charge is 2.35. The highest BCUT2D eigenvalue weighted by molar-refractivity contribution is 7.70. The van der Waals surface area contributed by atoms with Crippen molar-refractivity contribution in [3.05, 3.63) is 48.0 Å². The maximum atomic E-state index is 11.9. The third-order valence-corrected chi connectivity index (χ3v) is 8.78. The van der Waals surface area contributed by atoms with Crippen molar-refractivity contribution < 1.29 is 43.3 Å². The van der Waals surface area contributed by atoms with E-state index in [0.29, 0.717) is 30.1 Å². The summed E-state index contributed by atoms with van der Waals surface area (Å²) in [6.07, 6.45) is -2.10. The molecule has 0 saturated carbocycles.